The summed E-state index contributed by atoms with van der Waals surface area (Å²) >= 11 is 0. The van der Waals surface area contributed by atoms with Crippen molar-refractivity contribution < 1.29 is 19.2 Å². The number of hydrogen-bond donors (Lipinski definition) is 2. The molecule has 0 spiro atoms. The number of hydrogen-bond acceptors (Lipinski definition) is 6. The van der Waals surface area contributed by atoms with Gasteiger partial charge in [0, 0.05) is 24.1 Å². The van der Waals surface area contributed by atoms with Crippen LogP contribution in [0.5, 0.6) is 5.75 Å². The number of furan rings is 1. The smallest absolute Gasteiger partial charge is 0.270 e. The zero-order valence-electron chi connectivity index (χ0n) is 14.7. The van der Waals surface area contributed by atoms with Crippen molar-refractivity contribution in [3.05, 3.63) is 82.1 Å². The fourth-order valence-electron chi connectivity index (χ4n) is 2.54. The van der Waals surface area contributed by atoms with Crippen molar-refractivity contribution >= 4 is 17.8 Å². The lowest BCUT2D eigenvalue weighted by Crippen LogP contribution is -2.17. The Balaban J connectivity index is 1.55. The molecular formula is C20H17N3O5. The molecule has 0 bridgehead atoms. The molecular weight excluding hydrogens is 362 g/mol. The van der Waals surface area contributed by atoms with E-state index in [0.29, 0.717) is 29.1 Å². The number of non-ortho nitro benzene ring substituents is 1. The first kappa shape index (κ1) is 18.8. The molecule has 0 unspecified atom stereocenters. The van der Waals surface area contributed by atoms with Gasteiger partial charge in [0.2, 0.25) is 5.91 Å². The van der Waals surface area contributed by atoms with Crippen molar-refractivity contribution in [1.29, 1.82) is 0 Å². The van der Waals surface area contributed by atoms with E-state index in [1.165, 1.54) is 18.3 Å². The summed E-state index contributed by atoms with van der Waals surface area (Å²) in [6, 6.07) is 16.2. The van der Waals surface area contributed by atoms with Gasteiger partial charge in [-0.1, -0.05) is 30.3 Å². The number of para-hydroxylation sites is 1. The van der Waals surface area contributed by atoms with E-state index >= 15 is 0 Å². The quantitative estimate of drug-likeness (QED) is 0.369. The number of hydrazone groups is 1. The van der Waals surface area contributed by atoms with Crippen LogP contribution in [0.15, 0.2) is 70.2 Å². The molecule has 8 nitrogen and oxygen atoms in total. The monoisotopic (exact) mass is 379 g/mol. The molecule has 0 aliphatic carbocycles. The summed E-state index contributed by atoms with van der Waals surface area (Å²) in [5.74, 6) is 0.701. The molecule has 0 saturated heterocycles. The molecule has 2 aromatic carbocycles. The van der Waals surface area contributed by atoms with Gasteiger partial charge < -0.3 is 9.52 Å². The van der Waals surface area contributed by atoms with Crippen molar-refractivity contribution in [2.45, 2.75) is 12.8 Å². The zero-order chi connectivity index (χ0) is 19.9. The number of aromatic hydroxyl groups is 1. The second-order valence-corrected chi connectivity index (χ2v) is 5.93. The van der Waals surface area contributed by atoms with Crippen molar-refractivity contribution in [2.24, 2.45) is 5.10 Å². The molecule has 28 heavy (non-hydrogen) atoms. The van der Waals surface area contributed by atoms with Gasteiger partial charge >= 0.3 is 0 Å². The van der Waals surface area contributed by atoms with Gasteiger partial charge in [0.05, 0.1) is 11.1 Å². The van der Waals surface area contributed by atoms with E-state index in [2.05, 4.69) is 10.5 Å². The molecule has 3 rings (SSSR count). The van der Waals surface area contributed by atoms with E-state index in [1.54, 1.807) is 48.5 Å². The largest absolute Gasteiger partial charge is 0.508 e. The SMILES string of the molecule is O=C(CCc1ccccc1O)NN=Cc1ccc(-c2cccc([N+](=O)[O-])c2)o1. The number of carbonyl (C=O) groups is 1. The van der Waals surface area contributed by atoms with E-state index in [9.17, 15) is 20.0 Å². The maximum atomic E-state index is 11.8. The molecule has 0 atom stereocenters. The lowest BCUT2D eigenvalue weighted by molar-refractivity contribution is -0.384. The van der Waals surface area contributed by atoms with Crippen LogP contribution in [0.2, 0.25) is 0 Å². The Morgan fingerprint density at radius 1 is 1.18 bits per heavy atom. The highest BCUT2D eigenvalue weighted by molar-refractivity contribution is 5.81. The minimum Gasteiger partial charge on any atom is -0.508 e. The molecule has 1 amide bonds. The minimum atomic E-state index is -0.473. The number of phenols is 1. The molecule has 142 valence electrons. The average Bonchev–Trinajstić information content (AvgIpc) is 3.16. The lowest BCUT2D eigenvalue weighted by Gasteiger charge is -2.03. The third-order valence-corrected chi connectivity index (χ3v) is 3.96. The molecule has 8 heteroatoms. The van der Waals surface area contributed by atoms with Gasteiger partial charge in [0.15, 0.2) is 0 Å². The van der Waals surface area contributed by atoms with Crippen LogP contribution in [0.25, 0.3) is 11.3 Å². The van der Waals surface area contributed by atoms with Gasteiger partial charge in [-0.25, -0.2) is 5.43 Å². The van der Waals surface area contributed by atoms with Gasteiger partial charge in [-0.15, -0.1) is 0 Å². The fraction of sp³-hybridized carbons (Fsp3) is 0.100. The molecule has 2 N–H and O–H groups in total. The molecule has 0 saturated carbocycles. The third-order valence-electron chi connectivity index (χ3n) is 3.96. The second-order valence-electron chi connectivity index (χ2n) is 5.93. The van der Waals surface area contributed by atoms with Crippen molar-refractivity contribution in [3.63, 3.8) is 0 Å². The van der Waals surface area contributed by atoms with E-state index < -0.39 is 4.92 Å². The molecule has 0 aliphatic heterocycles. The zero-order valence-corrected chi connectivity index (χ0v) is 14.7. The number of carbonyl (C=O) groups excluding carboxylic acids is 1. The van der Waals surface area contributed by atoms with Crippen LogP contribution < -0.4 is 5.43 Å². The number of nitrogens with one attached hydrogen (secondary N) is 1. The Labute approximate surface area is 160 Å². The predicted molar refractivity (Wildman–Crippen MR) is 103 cm³/mol. The maximum absolute atomic E-state index is 11.8. The number of nitro groups is 1. The summed E-state index contributed by atoms with van der Waals surface area (Å²) in [5, 5.41) is 24.4. The molecule has 3 aromatic rings. The highest BCUT2D eigenvalue weighted by atomic mass is 16.6. The first-order valence-electron chi connectivity index (χ1n) is 8.46. The molecule has 1 heterocycles. The van der Waals surface area contributed by atoms with Crippen LogP contribution in [0.1, 0.15) is 17.7 Å². The Morgan fingerprint density at radius 3 is 2.79 bits per heavy atom. The number of aryl methyl sites for hydroxylation is 1. The van der Waals surface area contributed by atoms with Gasteiger partial charge in [0.25, 0.3) is 5.69 Å². The standard InChI is InChI=1S/C20H17N3O5/c24-18-7-2-1-4-14(18)8-11-20(25)22-21-13-17-9-10-19(28-17)15-5-3-6-16(12-15)23(26)27/h1-7,9-10,12-13,24H,8,11H2,(H,22,25). The van der Waals surface area contributed by atoms with Crippen LogP contribution in [0.3, 0.4) is 0 Å². The van der Waals surface area contributed by atoms with Gasteiger partial charge in [-0.2, -0.15) is 5.10 Å². The topological polar surface area (TPSA) is 118 Å². The summed E-state index contributed by atoms with van der Waals surface area (Å²) in [6.45, 7) is 0. The van der Waals surface area contributed by atoms with Crippen molar-refractivity contribution in [3.8, 4) is 17.1 Å². The highest BCUT2D eigenvalue weighted by Gasteiger charge is 2.10. The summed E-state index contributed by atoms with van der Waals surface area (Å²) in [5.41, 5.74) is 3.63. The Morgan fingerprint density at radius 2 is 2.00 bits per heavy atom. The van der Waals surface area contributed by atoms with Crippen LogP contribution in [0, 0.1) is 10.1 Å². The van der Waals surface area contributed by atoms with Crippen LogP contribution in [-0.4, -0.2) is 22.2 Å². The van der Waals surface area contributed by atoms with Crippen molar-refractivity contribution in [1.82, 2.24) is 5.43 Å². The average molecular weight is 379 g/mol. The predicted octanol–water partition coefficient (Wildman–Crippen LogP) is 3.64. The number of phenolic OH excluding ortho intramolecular Hbond substituents is 1. The van der Waals surface area contributed by atoms with E-state index in [-0.39, 0.29) is 23.8 Å². The van der Waals surface area contributed by atoms with Crippen LogP contribution in [0.4, 0.5) is 5.69 Å². The first-order valence-corrected chi connectivity index (χ1v) is 8.46. The number of amides is 1. The normalized spacial score (nSPS) is 10.9. The van der Waals surface area contributed by atoms with E-state index in [0.717, 1.165) is 0 Å². The van der Waals surface area contributed by atoms with Crippen molar-refractivity contribution in [2.75, 3.05) is 0 Å². The number of rotatable bonds is 7. The van der Waals surface area contributed by atoms with Gasteiger partial charge in [-0.3, -0.25) is 14.9 Å². The molecule has 1 aromatic heterocycles. The highest BCUT2D eigenvalue weighted by Crippen LogP contribution is 2.25. The fourth-order valence-corrected chi connectivity index (χ4v) is 2.54. The minimum absolute atomic E-state index is 0.0270. The summed E-state index contributed by atoms with van der Waals surface area (Å²) in [4.78, 5) is 22.2. The summed E-state index contributed by atoms with van der Waals surface area (Å²) in [7, 11) is 0. The van der Waals surface area contributed by atoms with Crippen LogP contribution >= 0.6 is 0 Å². The number of nitrogens with zero attached hydrogens (tertiary/aromatic N) is 2. The Bertz CT molecular complexity index is 1030. The maximum Gasteiger partial charge on any atom is 0.270 e. The molecule has 0 fully saturated rings. The number of nitro benzene ring substituents is 1. The Kier molecular flexibility index (Phi) is 5.81. The third kappa shape index (κ3) is 4.82. The van der Waals surface area contributed by atoms with Crippen LogP contribution in [-0.2, 0) is 11.2 Å². The molecule has 0 radical (unpaired) electrons. The summed E-state index contributed by atoms with van der Waals surface area (Å²) < 4.78 is 5.58. The van der Waals surface area contributed by atoms with Gasteiger partial charge in [0.1, 0.15) is 17.3 Å². The lowest BCUT2D eigenvalue weighted by atomic mass is 10.1. The van der Waals surface area contributed by atoms with Gasteiger partial charge in [-0.05, 0) is 30.2 Å². The van der Waals surface area contributed by atoms with E-state index in [4.69, 9.17) is 4.42 Å². The second kappa shape index (κ2) is 8.63. The number of benzene rings is 2. The van der Waals surface area contributed by atoms with E-state index in [1.807, 2.05) is 0 Å². The first-order chi connectivity index (χ1) is 13.5. The summed E-state index contributed by atoms with van der Waals surface area (Å²) in [6.07, 6.45) is 1.91. The molecule has 0 aliphatic rings. The Hall–Kier alpha value is -3.94.